The SMILES string of the molecule is CC(C)(C)OC(=O)NCCC1CNC(=O)c2cc(-c3cccc(Cl)c3)c(Br)n21.CC(C)(C)OC(=O)NCCC1CNC(=O)c2cc(-c3cccc(Cl)c3)cn21. The smallest absolute Gasteiger partial charge is 0.407 e. The lowest BCUT2D eigenvalue weighted by Crippen LogP contribution is -2.40. The van der Waals surface area contributed by atoms with E-state index in [0.29, 0.717) is 60.5 Å². The summed E-state index contributed by atoms with van der Waals surface area (Å²) in [5.41, 5.74) is 3.86. The first kappa shape index (κ1) is 41.7. The van der Waals surface area contributed by atoms with E-state index in [1.54, 1.807) is 0 Å². The Morgan fingerprint density at radius 3 is 1.82 bits per heavy atom. The predicted molar refractivity (Wildman–Crippen MR) is 218 cm³/mol. The first-order valence-electron chi connectivity index (χ1n) is 18.0. The molecular formula is C40H47BrCl2N6O6. The van der Waals surface area contributed by atoms with Gasteiger partial charge in [0.15, 0.2) is 0 Å². The molecule has 2 aromatic carbocycles. The molecule has 6 rings (SSSR count). The van der Waals surface area contributed by atoms with Crippen LogP contribution in [0.1, 0.15) is 87.4 Å². The molecule has 0 radical (unpaired) electrons. The van der Waals surface area contributed by atoms with Crippen molar-refractivity contribution in [2.24, 2.45) is 0 Å². The summed E-state index contributed by atoms with van der Waals surface area (Å²) in [6.07, 6.45) is 2.41. The maximum Gasteiger partial charge on any atom is 0.407 e. The zero-order valence-corrected chi connectivity index (χ0v) is 34.8. The van der Waals surface area contributed by atoms with Gasteiger partial charge in [-0.05, 0) is 118 Å². The lowest BCUT2D eigenvalue weighted by Gasteiger charge is -2.28. The average molecular weight is 859 g/mol. The summed E-state index contributed by atoms with van der Waals surface area (Å²) in [4.78, 5) is 48.2. The van der Waals surface area contributed by atoms with Gasteiger partial charge in [-0.2, -0.15) is 0 Å². The minimum atomic E-state index is -0.536. The van der Waals surface area contributed by atoms with Crippen molar-refractivity contribution in [1.82, 2.24) is 30.4 Å². The second-order valence-electron chi connectivity index (χ2n) is 15.3. The number of fused-ring (bicyclic) bond motifs is 2. The Hall–Kier alpha value is -4.46. The molecule has 294 valence electrons. The lowest BCUT2D eigenvalue weighted by atomic mass is 10.1. The third-order valence-electron chi connectivity index (χ3n) is 8.63. The van der Waals surface area contributed by atoms with Crippen LogP contribution in [-0.2, 0) is 9.47 Å². The van der Waals surface area contributed by atoms with E-state index in [9.17, 15) is 19.2 Å². The van der Waals surface area contributed by atoms with Crippen molar-refractivity contribution in [3.8, 4) is 22.3 Å². The number of hydrogen-bond acceptors (Lipinski definition) is 6. The van der Waals surface area contributed by atoms with E-state index >= 15 is 0 Å². The minimum absolute atomic E-state index is 0.00458. The number of aromatic nitrogens is 2. The number of alkyl carbamates (subject to hydrolysis) is 2. The van der Waals surface area contributed by atoms with E-state index < -0.39 is 23.4 Å². The number of amides is 4. The van der Waals surface area contributed by atoms with Crippen LogP contribution in [0.4, 0.5) is 9.59 Å². The van der Waals surface area contributed by atoms with Crippen molar-refractivity contribution in [1.29, 1.82) is 0 Å². The molecule has 0 spiro atoms. The molecule has 15 heteroatoms. The number of nitrogens with one attached hydrogen (secondary N) is 4. The largest absolute Gasteiger partial charge is 0.444 e. The van der Waals surface area contributed by atoms with Crippen LogP contribution in [0.15, 0.2) is 71.5 Å². The van der Waals surface area contributed by atoms with Crippen molar-refractivity contribution in [3.05, 3.63) is 92.9 Å². The van der Waals surface area contributed by atoms with Gasteiger partial charge in [0.1, 0.15) is 22.6 Å². The third kappa shape index (κ3) is 11.3. The number of ether oxygens (including phenoxy) is 2. The normalized spacial score (nSPS) is 16.4. The number of rotatable bonds is 8. The molecular weight excluding hydrogens is 811 g/mol. The molecule has 4 aromatic rings. The number of carbonyl (C=O) groups is 4. The Kier molecular flexibility index (Phi) is 13.3. The standard InChI is InChI=1S/C20H23BrClN3O3.C20H24ClN3O3/c1-20(2,3)28-19(27)23-8-7-14-11-24-18(26)16-10-15(17(21)25(14)16)12-5-4-6-13(22)9-12;1-20(2,3)27-19(26)22-8-7-16-11-23-18(25)17-10-14(12-24(16)17)13-5-4-6-15(21)9-13/h4-6,9-10,14H,7-8,11H2,1-3H3,(H,23,27)(H,24,26);4-6,9-10,12,16H,7-8,11H2,1-3H3,(H,22,26)(H,23,25). The van der Waals surface area contributed by atoms with Gasteiger partial charge in [0.05, 0.1) is 16.7 Å². The maximum atomic E-state index is 12.4. The summed E-state index contributed by atoms with van der Waals surface area (Å²) in [6.45, 7) is 12.9. The molecule has 2 aliphatic rings. The highest BCUT2D eigenvalue weighted by Gasteiger charge is 2.30. The molecule has 2 aliphatic heterocycles. The van der Waals surface area contributed by atoms with Gasteiger partial charge in [-0.25, -0.2) is 9.59 Å². The Labute approximate surface area is 339 Å². The quantitative estimate of drug-likeness (QED) is 0.140. The second-order valence-corrected chi connectivity index (χ2v) is 16.9. The molecule has 0 bridgehead atoms. The van der Waals surface area contributed by atoms with Gasteiger partial charge in [0.25, 0.3) is 11.8 Å². The topological polar surface area (TPSA) is 145 Å². The van der Waals surface area contributed by atoms with Crippen LogP contribution in [0, 0.1) is 0 Å². The molecule has 4 amide bonds. The Morgan fingerprint density at radius 1 is 0.745 bits per heavy atom. The molecule has 4 N–H and O–H groups in total. The molecule has 0 aliphatic carbocycles. The van der Waals surface area contributed by atoms with Gasteiger partial charge < -0.3 is 39.9 Å². The molecule has 0 saturated heterocycles. The van der Waals surface area contributed by atoms with E-state index in [1.165, 1.54) is 0 Å². The Morgan fingerprint density at radius 2 is 1.25 bits per heavy atom. The van der Waals surface area contributed by atoms with Crippen LogP contribution in [0.2, 0.25) is 10.0 Å². The summed E-state index contributed by atoms with van der Waals surface area (Å²) in [5.74, 6) is -0.218. The van der Waals surface area contributed by atoms with Crippen molar-refractivity contribution in [3.63, 3.8) is 0 Å². The monoisotopic (exact) mass is 856 g/mol. The van der Waals surface area contributed by atoms with Gasteiger partial charge in [0.2, 0.25) is 0 Å². The summed E-state index contributed by atoms with van der Waals surface area (Å²) >= 11 is 15.9. The number of halogens is 3. The summed E-state index contributed by atoms with van der Waals surface area (Å²) in [7, 11) is 0. The molecule has 4 heterocycles. The van der Waals surface area contributed by atoms with Gasteiger partial charge >= 0.3 is 12.2 Å². The zero-order valence-electron chi connectivity index (χ0n) is 31.7. The maximum absolute atomic E-state index is 12.4. The Bertz CT molecular complexity index is 2050. The van der Waals surface area contributed by atoms with E-state index in [1.807, 2.05) is 118 Å². The van der Waals surface area contributed by atoms with Crippen LogP contribution in [0.3, 0.4) is 0 Å². The fraction of sp³-hybridized carbons (Fsp3) is 0.400. The number of carbonyl (C=O) groups excluding carboxylic acids is 4. The van der Waals surface area contributed by atoms with E-state index in [2.05, 4.69) is 37.2 Å². The van der Waals surface area contributed by atoms with Crippen molar-refractivity contribution < 1.29 is 28.7 Å². The van der Waals surface area contributed by atoms with E-state index in [0.717, 1.165) is 26.9 Å². The number of hydrogen-bond donors (Lipinski definition) is 4. The molecule has 0 saturated carbocycles. The summed E-state index contributed by atoms with van der Waals surface area (Å²) < 4.78 is 15.3. The highest BCUT2D eigenvalue weighted by molar-refractivity contribution is 9.10. The van der Waals surface area contributed by atoms with E-state index in [-0.39, 0.29) is 23.9 Å². The van der Waals surface area contributed by atoms with Gasteiger partial charge in [-0.3, -0.25) is 9.59 Å². The molecule has 12 nitrogen and oxygen atoms in total. The van der Waals surface area contributed by atoms with E-state index in [4.69, 9.17) is 32.7 Å². The van der Waals surface area contributed by atoms with Crippen molar-refractivity contribution in [2.45, 2.75) is 77.7 Å². The van der Waals surface area contributed by atoms with Crippen LogP contribution >= 0.6 is 39.1 Å². The third-order valence-corrected chi connectivity index (χ3v) is 9.91. The minimum Gasteiger partial charge on any atom is -0.444 e. The first-order valence-corrected chi connectivity index (χ1v) is 19.6. The fourth-order valence-corrected chi connectivity index (χ4v) is 7.46. The second kappa shape index (κ2) is 17.6. The van der Waals surface area contributed by atoms with Crippen LogP contribution in [0.5, 0.6) is 0 Å². The fourth-order valence-electron chi connectivity index (χ4n) is 6.26. The van der Waals surface area contributed by atoms with Crippen LogP contribution in [-0.4, -0.2) is 70.5 Å². The highest BCUT2D eigenvalue weighted by atomic mass is 79.9. The van der Waals surface area contributed by atoms with Crippen LogP contribution in [0.25, 0.3) is 22.3 Å². The van der Waals surface area contributed by atoms with Crippen molar-refractivity contribution in [2.75, 3.05) is 26.2 Å². The number of benzene rings is 2. The van der Waals surface area contributed by atoms with Gasteiger partial charge in [-0.1, -0.05) is 47.5 Å². The van der Waals surface area contributed by atoms with Gasteiger partial charge in [-0.15, -0.1) is 0 Å². The zero-order chi connectivity index (χ0) is 40.1. The summed E-state index contributed by atoms with van der Waals surface area (Å²) in [5, 5.41) is 12.7. The Balaban J connectivity index is 0.000000211. The summed E-state index contributed by atoms with van der Waals surface area (Å²) in [6, 6.07) is 18.8. The van der Waals surface area contributed by atoms with Crippen LogP contribution < -0.4 is 21.3 Å². The molecule has 0 fully saturated rings. The lowest BCUT2D eigenvalue weighted by molar-refractivity contribution is 0.0513. The first-order chi connectivity index (χ1) is 25.9. The van der Waals surface area contributed by atoms with Gasteiger partial charge in [0, 0.05) is 53.5 Å². The molecule has 2 atom stereocenters. The number of nitrogens with zero attached hydrogens (tertiary/aromatic N) is 2. The predicted octanol–water partition coefficient (Wildman–Crippen LogP) is 8.78. The molecule has 2 aromatic heterocycles. The molecule has 55 heavy (non-hydrogen) atoms. The average Bonchev–Trinajstić information content (AvgIpc) is 3.69. The van der Waals surface area contributed by atoms with Crippen molar-refractivity contribution >= 4 is 63.1 Å². The molecule has 2 unspecified atom stereocenters. The highest BCUT2D eigenvalue weighted by Crippen LogP contribution is 2.37.